The standard InChI is InChI=1S/C13H12O6/c1-6-3-2-4-13(11(16)19-12(13)17)9(6)7-5-8(14)18-10(7)15/h3,7,9H,2,4-5H2,1H3. The number of cyclic esters (lactones) is 4. The van der Waals surface area contributed by atoms with E-state index < -0.39 is 41.1 Å². The Morgan fingerprint density at radius 1 is 1.16 bits per heavy atom. The molecule has 2 fully saturated rings. The molecule has 3 rings (SSSR count). The van der Waals surface area contributed by atoms with Crippen molar-refractivity contribution in [3.63, 3.8) is 0 Å². The van der Waals surface area contributed by atoms with E-state index in [0.717, 1.165) is 5.57 Å². The molecule has 2 aliphatic heterocycles. The van der Waals surface area contributed by atoms with Gasteiger partial charge in [0.25, 0.3) is 0 Å². The zero-order valence-electron chi connectivity index (χ0n) is 10.3. The van der Waals surface area contributed by atoms with E-state index in [2.05, 4.69) is 9.47 Å². The Balaban J connectivity index is 2.04. The van der Waals surface area contributed by atoms with E-state index in [9.17, 15) is 19.2 Å². The van der Waals surface area contributed by atoms with Crippen molar-refractivity contribution in [1.82, 2.24) is 0 Å². The fourth-order valence-electron chi connectivity index (χ4n) is 3.37. The van der Waals surface area contributed by atoms with Gasteiger partial charge in [0.1, 0.15) is 0 Å². The second-order valence-electron chi connectivity index (χ2n) is 5.22. The first-order chi connectivity index (χ1) is 8.96. The van der Waals surface area contributed by atoms with Crippen molar-refractivity contribution < 1.29 is 28.7 Å². The molecule has 1 spiro atoms. The van der Waals surface area contributed by atoms with Crippen molar-refractivity contribution in [2.45, 2.75) is 26.2 Å². The van der Waals surface area contributed by atoms with Crippen LogP contribution in [0.2, 0.25) is 0 Å². The van der Waals surface area contributed by atoms with Crippen molar-refractivity contribution in [3.05, 3.63) is 11.6 Å². The SMILES string of the molecule is CC1=CCCC2(C(=O)OC2=O)C1C1CC(=O)OC1=O. The molecule has 0 N–H and O–H groups in total. The molecule has 0 bridgehead atoms. The van der Waals surface area contributed by atoms with Crippen LogP contribution in [0.25, 0.3) is 0 Å². The molecule has 2 heterocycles. The number of carbonyl (C=O) groups is 4. The molecule has 19 heavy (non-hydrogen) atoms. The molecule has 0 radical (unpaired) electrons. The maximum atomic E-state index is 11.8. The number of carbonyl (C=O) groups excluding carboxylic acids is 4. The normalized spacial score (nSPS) is 32.8. The monoisotopic (exact) mass is 264 g/mol. The molecule has 2 atom stereocenters. The Kier molecular flexibility index (Phi) is 2.39. The third-order valence-corrected chi connectivity index (χ3v) is 4.25. The van der Waals surface area contributed by atoms with E-state index in [1.54, 1.807) is 6.92 Å². The van der Waals surface area contributed by atoms with Crippen molar-refractivity contribution in [1.29, 1.82) is 0 Å². The summed E-state index contributed by atoms with van der Waals surface area (Å²) in [5.74, 6) is -3.83. The van der Waals surface area contributed by atoms with Gasteiger partial charge in [0.15, 0.2) is 5.41 Å². The van der Waals surface area contributed by atoms with Gasteiger partial charge < -0.3 is 9.47 Å². The highest BCUT2D eigenvalue weighted by molar-refractivity contribution is 6.15. The van der Waals surface area contributed by atoms with Crippen LogP contribution in [0, 0.1) is 17.3 Å². The summed E-state index contributed by atoms with van der Waals surface area (Å²) in [6.45, 7) is 1.76. The fraction of sp³-hybridized carbons (Fsp3) is 0.538. The minimum Gasteiger partial charge on any atom is -0.393 e. The van der Waals surface area contributed by atoms with Crippen LogP contribution in [-0.2, 0) is 28.7 Å². The maximum Gasteiger partial charge on any atom is 0.331 e. The topological polar surface area (TPSA) is 86.7 Å². The first kappa shape index (κ1) is 12.1. The quantitative estimate of drug-likeness (QED) is 0.389. The van der Waals surface area contributed by atoms with E-state index in [-0.39, 0.29) is 6.42 Å². The Hall–Kier alpha value is -1.98. The summed E-state index contributed by atoms with van der Waals surface area (Å²) in [4.78, 5) is 46.6. The third kappa shape index (κ3) is 1.42. The van der Waals surface area contributed by atoms with Gasteiger partial charge in [0.2, 0.25) is 0 Å². The molecule has 100 valence electrons. The Morgan fingerprint density at radius 2 is 1.84 bits per heavy atom. The summed E-state index contributed by atoms with van der Waals surface area (Å²) in [5, 5.41) is 0. The van der Waals surface area contributed by atoms with Crippen molar-refractivity contribution >= 4 is 23.9 Å². The zero-order chi connectivity index (χ0) is 13.8. The molecule has 6 nitrogen and oxygen atoms in total. The molecule has 3 aliphatic rings. The van der Waals surface area contributed by atoms with Gasteiger partial charge >= 0.3 is 23.9 Å². The summed E-state index contributed by atoms with van der Waals surface area (Å²) >= 11 is 0. The van der Waals surface area contributed by atoms with Gasteiger partial charge in [0, 0.05) is 5.92 Å². The van der Waals surface area contributed by atoms with Gasteiger partial charge in [-0.2, -0.15) is 0 Å². The highest BCUT2D eigenvalue weighted by Crippen LogP contribution is 2.53. The van der Waals surface area contributed by atoms with Gasteiger partial charge in [-0.05, 0) is 19.8 Å². The van der Waals surface area contributed by atoms with Gasteiger partial charge in [-0.25, -0.2) is 0 Å². The number of hydrogen-bond donors (Lipinski definition) is 0. The predicted molar refractivity (Wildman–Crippen MR) is 59.2 cm³/mol. The average Bonchev–Trinajstić information content (AvgIpc) is 2.68. The molecular formula is C13H12O6. The smallest absolute Gasteiger partial charge is 0.331 e. The molecular weight excluding hydrogens is 252 g/mol. The van der Waals surface area contributed by atoms with Crippen LogP contribution >= 0.6 is 0 Å². The number of esters is 4. The van der Waals surface area contributed by atoms with Gasteiger partial charge in [0.05, 0.1) is 12.3 Å². The van der Waals surface area contributed by atoms with Crippen LogP contribution < -0.4 is 0 Å². The molecule has 0 saturated carbocycles. The lowest BCUT2D eigenvalue weighted by Crippen LogP contribution is -2.60. The third-order valence-electron chi connectivity index (χ3n) is 4.25. The average molecular weight is 264 g/mol. The van der Waals surface area contributed by atoms with Gasteiger partial charge in [-0.1, -0.05) is 11.6 Å². The zero-order valence-corrected chi connectivity index (χ0v) is 10.3. The van der Waals surface area contributed by atoms with Crippen LogP contribution in [-0.4, -0.2) is 23.9 Å². The summed E-state index contributed by atoms with van der Waals surface area (Å²) < 4.78 is 9.03. The molecule has 0 aromatic rings. The number of hydrogen-bond acceptors (Lipinski definition) is 6. The summed E-state index contributed by atoms with van der Waals surface area (Å²) in [6.07, 6.45) is 2.71. The van der Waals surface area contributed by atoms with Crippen LogP contribution in [0.3, 0.4) is 0 Å². The van der Waals surface area contributed by atoms with E-state index in [1.807, 2.05) is 6.08 Å². The van der Waals surface area contributed by atoms with E-state index in [4.69, 9.17) is 0 Å². The maximum absolute atomic E-state index is 11.8. The van der Waals surface area contributed by atoms with Crippen molar-refractivity contribution in [2.24, 2.45) is 17.3 Å². The van der Waals surface area contributed by atoms with Crippen molar-refractivity contribution in [2.75, 3.05) is 0 Å². The summed E-state index contributed by atoms with van der Waals surface area (Å²) in [6, 6.07) is 0. The van der Waals surface area contributed by atoms with Crippen molar-refractivity contribution in [3.8, 4) is 0 Å². The summed E-state index contributed by atoms with van der Waals surface area (Å²) in [5.41, 5.74) is -0.513. The largest absolute Gasteiger partial charge is 0.393 e. The summed E-state index contributed by atoms with van der Waals surface area (Å²) in [7, 11) is 0. The molecule has 2 unspecified atom stereocenters. The predicted octanol–water partition coefficient (Wildman–Crippen LogP) is 0.502. The second-order valence-corrected chi connectivity index (χ2v) is 5.22. The molecule has 2 saturated heterocycles. The molecule has 0 aromatic heterocycles. The number of rotatable bonds is 1. The lowest BCUT2D eigenvalue weighted by molar-refractivity contribution is -0.204. The van der Waals surface area contributed by atoms with Crippen LogP contribution in [0.5, 0.6) is 0 Å². The number of allylic oxidation sites excluding steroid dienone is 2. The highest BCUT2D eigenvalue weighted by Gasteiger charge is 2.67. The van der Waals surface area contributed by atoms with E-state index >= 15 is 0 Å². The lowest BCUT2D eigenvalue weighted by atomic mass is 9.59. The van der Waals surface area contributed by atoms with Gasteiger partial charge in [-0.15, -0.1) is 0 Å². The minimum atomic E-state index is -1.28. The van der Waals surface area contributed by atoms with Gasteiger partial charge in [-0.3, -0.25) is 19.2 Å². The minimum absolute atomic E-state index is 0.0863. The molecule has 0 amide bonds. The van der Waals surface area contributed by atoms with Crippen LogP contribution in [0.15, 0.2) is 11.6 Å². The van der Waals surface area contributed by atoms with Crippen LogP contribution in [0.4, 0.5) is 0 Å². The van der Waals surface area contributed by atoms with E-state index in [1.165, 1.54) is 0 Å². The fourth-order valence-corrected chi connectivity index (χ4v) is 3.37. The van der Waals surface area contributed by atoms with E-state index in [0.29, 0.717) is 12.8 Å². The molecule has 1 aliphatic carbocycles. The first-order valence-electron chi connectivity index (χ1n) is 6.14. The first-order valence-corrected chi connectivity index (χ1v) is 6.14. The molecule has 0 aromatic carbocycles. The highest BCUT2D eigenvalue weighted by atomic mass is 16.6. The Morgan fingerprint density at radius 3 is 2.37 bits per heavy atom. The number of ether oxygens (including phenoxy) is 2. The lowest BCUT2D eigenvalue weighted by Gasteiger charge is -2.46. The Bertz CT molecular complexity index is 529. The Labute approximate surface area is 108 Å². The second kappa shape index (κ2) is 3.76. The van der Waals surface area contributed by atoms with Crippen LogP contribution in [0.1, 0.15) is 26.2 Å². The molecule has 6 heteroatoms.